The number of nitro benzene ring substituents is 1. The van der Waals surface area contributed by atoms with Crippen molar-refractivity contribution in [1.82, 2.24) is 15.0 Å². The van der Waals surface area contributed by atoms with Crippen LogP contribution in [-0.2, 0) is 9.47 Å². The Hall–Kier alpha value is -3.58. The van der Waals surface area contributed by atoms with Crippen molar-refractivity contribution in [3.05, 3.63) is 33.9 Å². The number of anilines is 3. The van der Waals surface area contributed by atoms with Gasteiger partial charge in [-0.2, -0.15) is 20.1 Å². The molecule has 2 fully saturated rings. The number of rotatable bonds is 7. The number of morpholine rings is 2. The van der Waals surface area contributed by atoms with Crippen LogP contribution in [0.4, 0.5) is 23.5 Å². The topological polar surface area (TPSA) is 140 Å². The van der Waals surface area contributed by atoms with Gasteiger partial charge in [-0.05, 0) is 6.07 Å². The summed E-state index contributed by atoms with van der Waals surface area (Å²) in [6, 6.07) is 4.61. The Balaban J connectivity index is 1.58. The molecule has 0 atom stereocenters. The number of hydrogen-bond acceptors (Lipinski definition) is 12. The number of methoxy groups -OCH3 is 1. The molecule has 0 aliphatic carbocycles. The average Bonchev–Trinajstić information content (AvgIpc) is 2.84. The van der Waals surface area contributed by atoms with Crippen LogP contribution in [0.15, 0.2) is 23.3 Å². The van der Waals surface area contributed by atoms with Gasteiger partial charge < -0.3 is 24.0 Å². The number of hydrogen-bond donors (Lipinski definition) is 1. The maximum Gasteiger partial charge on any atom is 0.311 e. The number of nitrogens with zero attached hydrogens (tertiary/aromatic N) is 7. The van der Waals surface area contributed by atoms with Crippen LogP contribution < -0.4 is 20.0 Å². The van der Waals surface area contributed by atoms with Crippen LogP contribution in [0.25, 0.3) is 0 Å². The largest absolute Gasteiger partial charge is 0.490 e. The molecule has 0 spiro atoms. The Morgan fingerprint density at radius 1 is 1.06 bits per heavy atom. The third kappa shape index (κ3) is 5.00. The molecule has 13 nitrogen and oxygen atoms in total. The van der Waals surface area contributed by atoms with Gasteiger partial charge in [-0.25, -0.2) is 5.43 Å². The number of ether oxygens (including phenoxy) is 3. The van der Waals surface area contributed by atoms with Crippen LogP contribution in [0.3, 0.4) is 0 Å². The molecule has 4 rings (SSSR count). The monoisotopic (exact) mass is 444 g/mol. The Morgan fingerprint density at radius 3 is 2.19 bits per heavy atom. The second-order valence-electron chi connectivity index (χ2n) is 6.98. The van der Waals surface area contributed by atoms with Crippen LogP contribution in [-0.4, -0.2) is 85.8 Å². The van der Waals surface area contributed by atoms with Gasteiger partial charge in [0.15, 0.2) is 0 Å². The Kier molecular flexibility index (Phi) is 6.87. The number of nitrogens with one attached hydrogen (secondary N) is 1. The quantitative estimate of drug-likeness (QED) is 0.370. The summed E-state index contributed by atoms with van der Waals surface area (Å²) in [6.45, 7) is 5.14. The maximum absolute atomic E-state index is 11.2. The van der Waals surface area contributed by atoms with Crippen LogP contribution in [0.5, 0.6) is 5.75 Å². The van der Waals surface area contributed by atoms with Crippen molar-refractivity contribution < 1.29 is 19.1 Å². The third-order valence-corrected chi connectivity index (χ3v) is 4.99. The van der Waals surface area contributed by atoms with Crippen molar-refractivity contribution >= 4 is 29.7 Å². The van der Waals surface area contributed by atoms with Gasteiger partial charge >= 0.3 is 5.69 Å². The first kappa shape index (κ1) is 21.6. The van der Waals surface area contributed by atoms with E-state index in [4.69, 9.17) is 14.2 Å². The van der Waals surface area contributed by atoms with Crippen molar-refractivity contribution in [2.24, 2.45) is 5.10 Å². The van der Waals surface area contributed by atoms with Gasteiger partial charge in [-0.15, -0.1) is 0 Å². The highest BCUT2D eigenvalue weighted by Crippen LogP contribution is 2.29. The normalized spacial score (nSPS) is 16.9. The highest BCUT2D eigenvalue weighted by Gasteiger charge is 2.21. The van der Waals surface area contributed by atoms with E-state index in [1.807, 2.05) is 9.80 Å². The Bertz CT molecular complexity index is 940. The molecular formula is C19H24N8O5. The highest BCUT2D eigenvalue weighted by molar-refractivity contribution is 5.86. The van der Waals surface area contributed by atoms with E-state index >= 15 is 0 Å². The smallest absolute Gasteiger partial charge is 0.311 e. The second-order valence-corrected chi connectivity index (χ2v) is 6.98. The zero-order valence-electron chi connectivity index (χ0n) is 17.6. The molecule has 1 N–H and O–H groups in total. The molecule has 2 aliphatic heterocycles. The summed E-state index contributed by atoms with van der Waals surface area (Å²) in [5.41, 5.74) is 3.13. The van der Waals surface area contributed by atoms with Gasteiger partial charge in [-0.3, -0.25) is 10.1 Å². The molecule has 3 heterocycles. The molecule has 0 amide bonds. The van der Waals surface area contributed by atoms with Gasteiger partial charge in [0, 0.05) is 37.8 Å². The van der Waals surface area contributed by atoms with E-state index in [1.54, 1.807) is 12.1 Å². The molecule has 32 heavy (non-hydrogen) atoms. The van der Waals surface area contributed by atoms with E-state index in [0.29, 0.717) is 70.1 Å². The maximum atomic E-state index is 11.2. The summed E-state index contributed by atoms with van der Waals surface area (Å²) < 4.78 is 16.0. The zero-order valence-corrected chi connectivity index (χ0v) is 17.6. The lowest BCUT2D eigenvalue weighted by Crippen LogP contribution is -2.40. The third-order valence-electron chi connectivity index (χ3n) is 4.99. The van der Waals surface area contributed by atoms with Crippen molar-refractivity contribution in [1.29, 1.82) is 0 Å². The predicted molar refractivity (Wildman–Crippen MR) is 117 cm³/mol. The lowest BCUT2D eigenvalue weighted by atomic mass is 10.2. The lowest BCUT2D eigenvalue weighted by molar-refractivity contribution is -0.385. The predicted octanol–water partition coefficient (Wildman–Crippen LogP) is 0.908. The standard InChI is InChI=1S/C19H24N8O5/c1-30-16-14(3-2-4-15(16)27(28)29)13-20-24-17-21-18(25-5-9-31-10-6-25)23-19(22-17)26-7-11-32-12-8-26/h2-4,13H,5-12H2,1H3,(H,21,22,23,24)/b20-13+. The lowest BCUT2D eigenvalue weighted by Gasteiger charge is -2.30. The van der Waals surface area contributed by atoms with Crippen LogP contribution in [0.2, 0.25) is 0 Å². The molecule has 0 bridgehead atoms. The Morgan fingerprint density at radius 2 is 1.66 bits per heavy atom. The van der Waals surface area contributed by atoms with Crippen LogP contribution in [0, 0.1) is 10.1 Å². The molecule has 13 heteroatoms. The highest BCUT2D eigenvalue weighted by atomic mass is 16.6. The van der Waals surface area contributed by atoms with E-state index in [-0.39, 0.29) is 17.4 Å². The Labute approximate surface area is 184 Å². The molecule has 1 aromatic heterocycles. The molecule has 2 aromatic rings. The number of nitro groups is 1. The van der Waals surface area contributed by atoms with Gasteiger partial charge in [-0.1, -0.05) is 6.07 Å². The minimum atomic E-state index is -0.501. The fraction of sp³-hybridized carbons (Fsp3) is 0.474. The summed E-state index contributed by atoms with van der Waals surface area (Å²) in [7, 11) is 1.38. The zero-order chi connectivity index (χ0) is 22.3. The van der Waals surface area contributed by atoms with Crippen molar-refractivity contribution in [3.63, 3.8) is 0 Å². The molecule has 2 saturated heterocycles. The van der Waals surface area contributed by atoms with Crippen molar-refractivity contribution in [2.45, 2.75) is 0 Å². The van der Waals surface area contributed by atoms with Gasteiger partial charge in [0.25, 0.3) is 0 Å². The molecule has 0 unspecified atom stereocenters. The number of benzene rings is 1. The first-order chi connectivity index (χ1) is 15.7. The molecule has 1 aromatic carbocycles. The molecule has 0 radical (unpaired) electrons. The van der Waals surface area contributed by atoms with E-state index in [9.17, 15) is 10.1 Å². The molecular weight excluding hydrogens is 420 g/mol. The van der Waals surface area contributed by atoms with Crippen LogP contribution >= 0.6 is 0 Å². The first-order valence-corrected chi connectivity index (χ1v) is 10.2. The summed E-state index contributed by atoms with van der Waals surface area (Å²) in [6.07, 6.45) is 1.43. The van der Waals surface area contributed by atoms with E-state index in [1.165, 1.54) is 19.4 Å². The van der Waals surface area contributed by atoms with E-state index in [2.05, 4.69) is 25.5 Å². The second kappa shape index (κ2) is 10.2. The van der Waals surface area contributed by atoms with Gasteiger partial charge in [0.2, 0.25) is 23.6 Å². The molecule has 170 valence electrons. The number of para-hydroxylation sites is 1. The van der Waals surface area contributed by atoms with E-state index < -0.39 is 4.92 Å². The van der Waals surface area contributed by atoms with Crippen molar-refractivity contribution in [2.75, 3.05) is 74.9 Å². The van der Waals surface area contributed by atoms with Crippen LogP contribution in [0.1, 0.15) is 5.56 Å². The molecule has 2 aliphatic rings. The summed E-state index contributed by atoms with van der Waals surface area (Å²) in [5.74, 6) is 1.47. The summed E-state index contributed by atoms with van der Waals surface area (Å²) in [4.78, 5) is 28.4. The summed E-state index contributed by atoms with van der Waals surface area (Å²) >= 11 is 0. The number of aromatic nitrogens is 3. The first-order valence-electron chi connectivity index (χ1n) is 10.2. The van der Waals surface area contributed by atoms with Crippen molar-refractivity contribution in [3.8, 4) is 5.75 Å². The fourth-order valence-corrected chi connectivity index (χ4v) is 3.38. The fourth-order valence-electron chi connectivity index (χ4n) is 3.38. The molecule has 0 saturated carbocycles. The summed E-state index contributed by atoms with van der Waals surface area (Å²) in [5, 5.41) is 15.4. The minimum Gasteiger partial charge on any atom is -0.490 e. The van der Waals surface area contributed by atoms with Gasteiger partial charge in [0.05, 0.1) is 44.7 Å². The minimum absolute atomic E-state index is 0.127. The SMILES string of the molecule is COc1c(/C=N/Nc2nc(N3CCOCC3)nc(N3CCOCC3)n2)cccc1[N+](=O)[O-]. The average molecular weight is 444 g/mol. The van der Waals surface area contributed by atoms with Gasteiger partial charge in [0.1, 0.15) is 0 Å². The van der Waals surface area contributed by atoms with E-state index in [0.717, 1.165) is 0 Å². The number of hydrazone groups is 1.